The Balaban J connectivity index is 1.79. The molecule has 0 spiro atoms. The number of carbonyl (C=O) groups excluding carboxylic acids is 1. The monoisotopic (exact) mass is 434 g/mol. The number of carbonyl (C=O) groups is 1. The van der Waals surface area contributed by atoms with Gasteiger partial charge in [-0.05, 0) is 29.2 Å². The van der Waals surface area contributed by atoms with Gasteiger partial charge in [-0.3, -0.25) is 4.79 Å². The Morgan fingerprint density at radius 1 is 1.35 bits per heavy atom. The fourth-order valence-corrected chi connectivity index (χ4v) is 3.10. The third-order valence-corrected chi connectivity index (χ3v) is 4.64. The highest BCUT2D eigenvalue weighted by molar-refractivity contribution is 6.33. The zero-order valence-corrected chi connectivity index (χ0v) is 17.7. The van der Waals surface area contributed by atoms with Gasteiger partial charge in [0.05, 0.1) is 17.7 Å². The minimum absolute atomic E-state index is 0.252. The molecule has 0 saturated heterocycles. The van der Waals surface area contributed by atoms with Crippen LogP contribution in [-0.4, -0.2) is 45.9 Å². The Morgan fingerprint density at radius 2 is 2.13 bits per heavy atom. The van der Waals surface area contributed by atoms with Gasteiger partial charge in [-0.1, -0.05) is 31.5 Å². The summed E-state index contributed by atoms with van der Waals surface area (Å²) >= 11 is 6.30. The summed E-state index contributed by atoms with van der Waals surface area (Å²) in [4.78, 5) is 23.8. The van der Waals surface area contributed by atoms with Crippen LogP contribution in [-0.2, 0) is 0 Å². The Hall–Kier alpha value is -3.35. The van der Waals surface area contributed by atoms with Crippen molar-refractivity contribution in [1.82, 2.24) is 20.3 Å². The molecule has 31 heavy (non-hydrogen) atoms. The number of hydrogen-bond donors (Lipinski definition) is 4. The van der Waals surface area contributed by atoms with Gasteiger partial charge in [0.15, 0.2) is 0 Å². The van der Waals surface area contributed by atoms with Gasteiger partial charge in [0, 0.05) is 29.7 Å². The molecule has 3 aromatic rings. The van der Waals surface area contributed by atoms with Gasteiger partial charge in [0.2, 0.25) is 0 Å². The van der Waals surface area contributed by atoms with E-state index < -0.39 is 17.4 Å². The summed E-state index contributed by atoms with van der Waals surface area (Å²) in [5.41, 5.74) is 1.82. The predicted octanol–water partition coefficient (Wildman–Crippen LogP) is 2.78. The second kappa shape index (κ2) is 9.21. The van der Waals surface area contributed by atoms with Crippen LogP contribution >= 0.6 is 11.6 Å². The number of aromatic amines is 1. The Labute approximate surface area is 186 Å². The average molecular weight is 435 g/mol. The van der Waals surface area contributed by atoms with Crippen LogP contribution in [0.3, 0.4) is 0 Å². The number of nitriles is 1. The minimum Gasteiger partial charge on any atom is -0.394 e. The Morgan fingerprint density at radius 3 is 2.74 bits per heavy atom. The number of halogens is 1. The van der Waals surface area contributed by atoms with E-state index in [2.05, 4.69) is 25.6 Å². The highest BCUT2D eigenvalue weighted by Gasteiger charge is 2.18. The number of anilines is 1. The molecule has 156 valence electrons. The van der Waals surface area contributed by atoms with Crippen LogP contribution in [0.25, 0.3) is 11.1 Å². The molecule has 0 saturated carbocycles. The van der Waals surface area contributed by atoms with Crippen LogP contribution in [0.2, 0.25) is 5.02 Å². The van der Waals surface area contributed by atoms with Gasteiger partial charge in [-0.2, -0.15) is 5.26 Å². The first-order chi connectivity index (χ1) is 14.7. The van der Waals surface area contributed by atoms with Crippen molar-refractivity contribution >= 4 is 31.2 Å². The van der Waals surface area contributed by atoms with E-state index in [4.69, 9.17) is 24.7 Å². The van der Waals surface area contributed by atoms with Crippen molar-refractivity contribution in [3.63, 3.8) is 0 Å². The number of nitrogens with zero attached hydrogens (tertiary/aromatic N) is 3. The molecule has 0 aromatic carbocycles. The van der Waals surface area contributed by atoms with Crippen molar-refractivity contribution in [3.8, 4) is 17.2 Å². The van der Waals surface area contributed by atoms with E-state index in [9.17, 15) is 9.90 Å². The minimum atomic E-state index is -0.674. The molecule has 0 bridgehead atoms. The number of amides is 1. The highest BCUT2D eigenvalue weighted by Crippen LogP contribution is 2.30. The number of aliphatic hydroxyl groups excluding tert-OH is 1. The van der Waals surface area contributed by atoms with Gasteiger partial charge in [-0.15, -0.1) is 0 Å². The van der Waals surface area contributed by atoms with Gasteiger partial charge in [0.1, 0.15) is 31.1 Å². The lowest BCUT2D eigenvalue weighted by Gasteiger charge is -2.22. The molecule has 0 aliphatic heterocycles. The van der Waals surface area contributed by atoms with Crippen LogP contribution in [0.15, 0.2) is 42.9 Å². The zero-order valence-electron chi connectivity index (χ0n) is 17.0. The molecular formula is C21H20BClN6O2. The van der Waals surface area contributed by atoms with Crippen molar-refractivity contribution in [1.29, 1.82) is 5.26 Å². The Bertz CT molecular complexity index is 1120. The molecule has 1 unspecified atom stereocenters. The van der Waals surface area contributed by atoms with E-state index in [0.29, 0.717) is 27.5 Å². The number of nitrogens with one attached hydrogen (secondary N) is 3. The summed E-state index contributed by atoms with van der Waals surface area (Å²) in [5, 5.41) is 24.8. The first-order valence-electron chi connectivity index (χ1n) is 9.39. The highest BCUT2D eigenvalue weighted by atomic mass is 35.5. The molecule has 2 radical (unpaired) electrons. The molecule has 3 aromatic heterocycles. The summed E-state index contributed by atoms with van der Waals surface area (Å²) in [6.45, 7) is 3.29. The van der Waals surface area contributed by atoms with Crippen molar-refractivity contribution in [2.24, 2.45) is 0 Å². The largest absolute Gasteiger partial charge is 0.394 e. The van der Waals surface area contributed by atoms with Crippen LogP contribution in [0.4, 0.5) is 5.82 Å². The third-order valence-electron chi connectivity index (χ3n) is 4.34. The molecule has 0 fully saturated rings. The maximum absolute atomic E-state index is 12.7. The lowest BCUT2D eigenvalue weighted by atomic mass is 9.82. The second-order valence-corrected chi connectivity index (χ2v) is 7.90. The van der Waals surface area contributed by atoms with Gasteiger partial charge in [0.25, 0.3) is 5.91 Å². The van der Waals surface area contributed by atoms with E-state index in [1.165, 1.54) is 18.5 Å². The van der Waals surface area contributed by atoms with E-state index in [1.54, 1.807) is 24.4 Å². The first-order valence-corrected chi connectivity index (χ1v) is 9.77. The van der Waals surface area contributed by atoms with Crippen molar-refractivity contribution < 1.29 is 9.90 Å². The summed E-state index contributed by atoms with van der Waals surface area (Å²) in [6.07, 6.45) is 4.62. The lowest BCUT2D eigenvalue weighted by molar-refractivity contribution is 0.0911. The molecule has 8 nitrogen and oxygen atoms in total. The molecule has 0 aliphatic rings. The predicted molar refractivity (Wildman–Crippen MR) is 119 cm³/mol. The third kappa shape index (κ3) is 5.63. The fourth-order valence-electron chi connectivity index (χ4n) is 2.89. The van der Waals surface area contributed by atoms with E-state index in [1.807, 2.05) is 19.9 Å². The Kier molecular flexibility index (Phi) is 6.63. The van der Waals surface area contributed by atoms with Crippen LogP contribution in [0, 0.1) is 11.3 Å². The number of pyridine rings is 2. The number of hydrogen-bond acceptors (Lipinski definition) is 6. The van der Waals surface area contributed by atoms with Crippen LogP contribution < -0.4 is 10.6 Å². The van der Waals surface area contributed by atoms with Crippen molar-refractivity contribution in [3.05, 3.63) is 64.8 Å². The summed E-state index contributed by atoms with van der Waals surface area (Å²) in [7, 11) is 5.98. The fraction of sp³-hybridized carbons (Fsp3) is 0.238. The maximum atomic E-state index is 12.7. The van der Waals surface area contributed by atoms with Crippen LogP contribution in [0.5, 0.6) is 0 Å². The lowest BCUT2D eigenvalue weighted by Crippen LogP contribution is -2.31. The molecule has 10 heteroatoms. The van der Waals surface area contributed by atoms with E-state index in [-0.39, 0.29) is 18.0 Å². The topological polar surface area (TPSA) is 127 Å². The second-order valence-electron chi connectivity index (χ2n) is 7.50. The standard InChI is InChI=1S/C21H20BClN6O2/c1-21(2,22)29-19-6-15(16(23)10-27-19)13-5-17(26-9-13)20(31)28-18(11-30)12-3-4-14(7-24)25-8-12/h3-6,8-10,18,26,30H,11H2,1-2H3,(H,27,29)(H,28,31). The van der Waals surface area contributed by atoms with Crippen molar-refractivity contribution in [2.75, 3.05) is 11.9 Å². The van der Waals surface area contributed by atoms with E-state index in [0.717, 1.165) is 0 Å². The first kappa shape index (κ1) is 22.3. The normalized spacial score (nSPS) is 12.1. The molecular weight excluding hydrogens is 415 g/mol. The number of aliphatic hydroxyl groups is 1. The molecule has 4 N–H and O–H groups in total. The van der Waals surface area contributed by atoms with Gasteiger partial charge in [-0.25, -0.2) is 9.97 Å². The van der Waals surface area contributed by atoms with Crippen LogP contribution in [0.1, 0.15) is 41.6 Å². The smallest absolute Gasteiger partial charge is 0.268 e. The van der Waals surface area contributed by atoms with Gasteiger partial charge >= 0.3 is 0 Å². The molecule has 3 rings (SSSR count). The number of rotatable bonds is 7. The molecule has 0 aliphatic carbocycles. The van der Waals surface area contributed by atoms with Crippen molar-refractivity contribution in [2.45, 2.75) is 25.3 Å². The molecule has 1 amide bonds. The van der Waals surface area contributed by atoms with E-state index >= 15 is 0 Å². The number of H-pyrrole nitrogens is 1. The summed E-state index contributed by atoms with van der Waals surface area (Å²) in [5.74, 6) is 0.133. The SMILES string of the molecule is [B]C(C)(C)Nc1cc(-c2c[nH]c(C(=O)NC(CO)c3ccc(C#N)nc3)c2)c(Cl)cn1. The number of aromatic nitrogens is 3. The quantitative estimate of drug-likeness (QED) is 0.424. The molecule has 1 atom stereocenters. The zero-order chi connectivity index (χ0) is 22.6. The summed E-state index contributed by atoms with van der Waals surface area (Å²) in [6, 6.07) is 7.81. The average Bonchev–Trinajstić information content (AvgIpc) is 3.22. The summed E-state index contributed by atoms with van der Waals surface area (Å²) < 4.78 is 0. The molecule has 3 heterocycles. The van der Waals surface area contributed by atoms with Gasteiger partial charge < -0.3 is 20.7 Å². The maximum Gasteiger partial charge on any atom is 0.268 e.